The normalized spacial score (nSPS) is 10.8. The lowest BCUT2D eigenvalue weighted by atomic mass is 10.2. The molecule has 0 unspecified atom stereocenters. The summed E-state index contributed by atoms with van der Waals surface area (Å²) in [7, 11) is 1.58. The highest BCUT2D eigenvalue weighted by Gasteiger charge is 2.21. The highest BCUT2D eigenvalue weighted by Crippen LogP contribution is 2.24. The predicted octanol–water partition coefficient (Wildman–Crippen LogP) is 2.31. The van der Waals surface area contributed by atoms with Crippen LogP contribution in [-0.4, -0.2) is 33.9 Å². The van der Waals surface area contributed by atoms with Crippen LogP contribution in [0.2, 0.25) is 0 Å². The number of thioether (sulfide) groups is 1. The third-order valence-corrected chi connectivity index (χ3v) is 4.21. The maximum absolute atomic E-state index is 12.7. The zero-order valence-electron chi connectivity index (χ0n) is 13.4. The number of H-pyrrole nitrogens is 1. The molecule has 2 heterocycles. The van der Waals surface area contributed by atoms with Gasteiger partial charge in [0.2, 0.25) is 0 Å². The van der Waals surface area contributed by atoms with Gasteiger partial charge >= 0.3 is 0 Å². The Balaban J connectivity index is 2.03. The van der Waals surface area contributed by atoms with Gasteiger partial charge in [-0.3, -0.25) is 9.59 Å². The van der Waals surface area contributed by atoms with Crippen LogP contribution in [0.25, 0.3) is 5.65 Å². The summed E-state index contributed by atoms with van der Waals surface area (Å²) in [6.45, 7) is 1.77. The molecule has 8 heteroatoms. The summed E-state index contributed by atoms with van der Waals surface area (Å²) in [5, 5.41) is 7.76. The van der Waals surface area contributed by atoms with Crippen molar-refractivity contribution < 1.29 is 9.53 Å². The van der Waals surface area contributed by atoms with E-state index in [1.54, 1.807) is 42.8 Å². The number of hydrogen-bond acceptors (Lipinski definition) is 5. The summed E-state index contributed by atoms with van der Waals surface area (Å²) in [4.78, 5) is 27.2. The summed E-state index contributed by atoms with van der Waals surface area (Å²) < 4.78 is 6.66. The average molecular weight is 344 g/mol. The van der Waals surface area contributed by atoms with E-state index in [2.05, 4.69) is 15.4 Å². The SMILES string of the molecule is COc1ccc(NC(=O)c2c(SC)nn3c(C)cc(=O)[nH]c23)cc1. The molecule has 0 saturated heterocycles. The number of ether oxygens (including phenoxy) is 1. The van der Waals surface area contributed by atoms with E-state index in [4.69, 9.17) is 4.74 Å². The largest absolute Gasteiger partial charge is 0.497 e. The minimum atomic E-state index is -0.333. The molecule has 3 rings (SSSR count). The van der Waals surface area contributed by atoms with E-state index in [1.807, 2.05) is 6.26 Å². The van der Waals surface area contributed by atoms with E-state index in [0.29, 0.717) is 33.4 Å². The van der Waals surface area contributed by atoms with Crippen molar-refractivity contribution in [1.82, 2.24) is 14.6 Å². The van der Waals surface area contributed by atoms with Crippen LogP contribution in [0.4, 0.5) is 5.69 Å². The molecule has 0 radical (unpaired) electrons. The maximum Gasteiger partial charge on any atom is 0.262 e. The second-order valence-electron chi connectivity index (χ2n) is 5.10. The Hall–Kier alpha value is -2.74. The van der Waals surface area contributed by atoms with Gasteiger partial charge in [-0.1, -0.05) is 0 Å². The van der Waals surface area contributed by atoms with Crippen LogP contribution in [0.3, 0.4) is 0 Å². The molecule has 2 N–H and O–H groups in total. The zero-order chi connectivity index (χ0) is 17.3. The number of hydrogen-bond donors (Lipinski definition) is 2. The molecule has 0 saturated carbocycles. The summed E-state index contributed by atoms with van der Waals surface area (Å²) in [5.41, 5.74) is 1.75. The van der Waals surface area contributed by atoms with Crippen molar-refractivity contribution in [3.05, 3.63) is 51.9 Å². The Morgan fingerprint density at radius 3 is 2.67 bits per heavy atom. The molecule has 2 aromatic heterocycles. The van der Waals surface area contributed by atoms with Crippen molar-refractivity contribution >= 4 is 29.0 Å². The lowest BCUT2D eigenvalue weighted by Gasteiger charge is -2.06. The fraction of sp³-hybridized carbons (Fsp3) is 0.188. The lowest BCUT2D eigenvalue weighted by Crippen LogP contribution is -2.15. The number of rotatable bonds is 4. The van der Waals surface area contributed by atoms with Crippen LogP contribution >= 0.6 is 11.8 Å². The van der Waals surface area contributed by atoms with Crippen LogP contribution in [0.15, 0.2) is 40.2 Å². The van der Waals surface area contributed by atoms with Gasteiger partial charge in [0, 0.05) is 17.4 Å². The molecule has 24 heavy (non-hydrogen) atoms. The van der Waals surface area contributed by atoms with Gasteiger partial charge in [0.05, 0.1) is 7.11 Å². The first kappa shape index (κ1) is 16.1. The number of carbonyl (C=O) groups is 1. The van der Waals surface area contributed by atoms with Crippen molar-refractivity contribution in [2.45, 2.75) is 11.9 Å². The molecule has 7 nitrogen and oxygen atoms in total. The summed E-state index contributed by atoms with van der Waals surface area (Å²) >= 11 is 1.35. The highest BCUT2D eigenvalue weighted by molar-refractivity contribution is 7.98. The Bertz CT molecular complexity index is 960. The number of nitrogens with zero attached hydrogens (tertiary/aromatic N) is 2. The maximum atomic E-state index is 12.7. The van der Waals surface area contributed by atoms with Crippen molar-refractivity contribution in [2.24, 2.45) is 0 Å². The number of carbonyl (C=O) groups excluding carboxylic acids is 1. The van der Waals surface area contributed by atoms with Gasteiger partial charge in [0.25, 0.3) is 11.5 Å². The highest BCUT2D eigenvalue weighted by atomic mass is 32.2. The zero-order valence-corrected chi connectivity index (χ0v) is 14.2. The summed E-state index contributed by atoms with van der Waals surface area (Å²) in [6.07, 6.45) is 1.83. The molecular weight excluding hydrogens is 328 g/mol. The quantitative estimate of drug-likeness (QED) is 0.709. The fourth-order valence-electron chi connectivity index (χ4n) is 2.39. The van der Waals surface area contributed by atoms with Crippen molar-refractivity contribution in [1.29, 1.82) is 0 Å². The Labute approximate surface area is 142 Å². The van der Waals surface area contributed by atoms with Gasteiger partial charge in [-0.2, -0.15) is 5.10 Å². The van der Waals surface area contributed by atoms with Crippen LogP contribution < -0.4 is 15.6 Å². The number of nitrogens with one attached hydrogen (secondary N) is 2. The monoisotopic (exact) mass is 344 g/mol. The number of anilines is 1. The molecule has 124 valence electrons. The molecule has 0 bridgehead atoms. The topological polar surface area (TPSA) is 88.5 Å². The van der Waals surface area contributed by atoms with Gasteiger partial charge in [-0.25, -0.2) is 4.52 Å². The molecule has 3 aromatic rings. The predicted molar refractivity (Wildman–Crippen MR) is 93.3 cm³/mol. The minimum absolute atomic E-state index is 0.272. The second kappa shape index (κ2) is 6.40. The number of methoxy groups -OCH3 is 1. The Kier molecular flexibility index (Phi) is 4.30. The number of aryl methyl sites for hydroxylation is 1. The lowest BCUT2D eigenvalue weighted by molar-refractivity contribution is 0.102. The summed E-state index contributed by atoms with van der Waals surface area (Å²) in [5.74, 6) is 0.370. The van der Waals surface area contributed by atoms with Crippen LogP contribution in [0.1, 0.15) is 16.1 Å². The van der Waals surface area contributed by atoms with Gasteiger partial charge in [0.15, 0.2) is 0 Å². The van der Waals surface area contributed by atoms with Crippen molar-refractivity contribution in [2.75, 3.05) is 18.7 Å². The number of amides is 1. The van der Waals surface area contributed by atoms with Crippen molar-refractivity contribution in [3.8, 4) is 5.75 Å². The first-order valence-electron chi connectivity index (χ1n) is 7.15. The van der Waals surface area contributed by atoms with Crippen LogP contribution in [0, 0.1) is 6.92 Å². The van der Waals surface area contributed by atoms with Gasteiger partial charge in [-0.15, -0.1) is 11.8 Å². The van der Waals surface area contributed by atoms with Crippen molar-refractivity contribution in [3.63, 3.8) is 0 Å². The second-order valence-corrected chi connectivity index (χ2v) is 5.90. The molecule has 0 fully saturated rings. The minimum Gasteiger partial charge on any atom is -0.497 e. The first-order chi connectivity index (χ1) is 11.5. The molecule has 1 amide bonds. The summed E-state index contributed by atoms with van der Waals surface area (Å²) in [6, 6.07) is 8.44. The fourth-order valence-corrected chi connectivity index (χ4v) is 2.94. The smallest absolute Gasteiger partial charge is 0.262 e. The van der Waals surface area contributed by atoms with E-state index in [-0.39, 0.29) is 11.5 Å². The van der Waals surface area contributed by atoms with Gasteiger partial charge in [-0.05, 0) is 37.4 Å². The molecule has 1 aromatic carbocycles. The number of aromatic nitrogens is 3. The van der Waals surface area contributed by atoms with Gasteiger partial charge < -0.3 is 15.0 Å². The Morgan fingerprint density at radius 2 is 2.04 bits per heavy atom. The number of fused-ring (bicyclic) bond motifs is 1. The Morgan fingerprint density at radius 1 is 1.33 bits per heavy atom. The van der Waals surface area contributed by atoms with E-state index in [9.17, 15) is 9.59 Å². The van der Waals surface area contributed by atoms with Gasteiger partial charge in [0.1, 0.15) is 22.0 Å². The molecule has 0 aliphatic rings. The third kappa shape index (κ3) is 2.88. The first-order valence-corrected chi connectivity index (χ1v) is 8.38. The third-order valence-electron chi connectivity index (χ3n) is 3.54. The average Bonchev–Trinajstić information content (AvgIpc) is 2.94. The van der Waals surface area contributed by atoms with E-state index in [1.165, 1.54) is 17.8 Å². The van der Waals surface area contributed by atoms with E-state index < -0.39 is 0 Å². The van der Waals surface area contributed by atoms with Crippen LogP contribution in [-0.2, 0) is 0 Å². The number of benzene rings is 1. The van der Waals surface area contributed by atoms with E-state index >= 15 is 0 Å². The molecule has 0 aliphatic heterocycles. The standard InChI is InChI=1S/C16H16N4O3S/c1-9-8-12(21)18-14-13(16(24-3)19-20(9)14)15(22)17-10-4-6-11(23-2)7-5-10/h4-8H,1-3H3,(H,17,22)(H,18,21). The molecular formula is C16H16N4O3S. The van der Waals surface area contributed by atoms with E-state index in [0.717, 1.165) is 0 Å². The molecule has 0 spiro atoms. The number of aromatic amines is 1. The van der Waals surface area contributed by atoms with Crippen LogP contribution in [0.5, 0.6) is 5.75 Å². The molecule has 0 aliphatic carbocycles. The molecule has 0 atom stereocenters.